The number of pyridine rings is 1. The number of alkyl halides is 9. The van der Waals surface area contributed by atoms with Crippen molar-refractivity contribution in [1.29, 1.82) is 0 Å². The van der Waals surface area contributed by atoms with Crippen molar-refractivity contribution >= 4 is 69.1 Å². The summed E-state index contributed by atoms with van der Waals surface area (Å²) >= 11 is -1.91. The minimum atomic E-state index is -3.87. The summed E-state index contributed by atoms with van der Waals surface area (Å²) in [5.74, 6) is 0. The number of aromatic nitrogens is 1. The normalized spacial score (nSPS) is 11.0. The molecule has 0 bridgehead atoms. The SMILES string of the molecule is F[C](F)(F)[SbH2].F[C](F)(F)[SbH2].F[C](F)(F)[SbH2].c1ccc(-c2cccnc2)cc1. The Balaban J connectivity index is 0. The zero-order valence-electron chi connectivity index (χ0n) is 13.3. The number of halogens is 9. The molecule has 1 aromatic heterocycles. The van der Waals surface area contributed by atoms with Crippen LogP contribution in [0.5, 0.6) is 0 Å². The summed E-state index contributed by atoms with van der Waals surface area (Å²) in [5.41, 5.74) is 2.38. The molecular formula is C14H15F9NSb3. The molecule has 0 aliphatic rings. The van der Waals surface area contributed by atoms with Crippen LogP contribution in [0.4, 0.5) is 39.5 Å². The molecule has 0 saturated carbocycles. The van der Waals surface area contributed by atoms with Crippen LogP contribution in [0.15, 0.2) is 54.9 Å². The van der Waals surface area contributed by atoms with Crippen molar-refractivity contribution in [2.75, 3.05) is 0 Å². The Morgan fingerprint density at radius 3 is 1.19 bits per heavy atom. The topological polar surface area (TPSA) is 12.9 Å². The second-order valence-corrected chi connectivity index (χ2v) is 9.84. The van der Waals surface area contributed by atoms with Crippen molar-refractivity contribution in [3.05, 3.63) is 54.9 Å². The molecule has 1 heterocycles. The summed E-state index contributed by atoms with van der Waals surface area (Å²) in [4.78, 5) is 4.06. The van der Waals surface area contributed by atoms with E-state index in [0.29, 0.717) is 0 Å². The van der Waals surface area contributed by atoms with Crippen LogP contribution in [-0.2, 0) is 0 Å². The third kappa shape index (κ3) is 37.6. The van der Waals surface area contributed by atoms with Gasteiger partial charge in [0, 0.05) is 12.4 Å². The molecule has 0 N–H and O–H groups in total. The molecule has 0 saturated heterocycles. The van der Waals surface area contributed by atoms with Crippen LogP contribution in [0, 0.1) is 0 Å². The minimum Gasteiger partial charge on any atom is -0.264 e. The summed E-state index contributed by atoms with van der Waals surface area (Å²) in [6, 6.07) is 14.2. The summed E-state index contributed by atoms with van der Waals surface area (Å²) in [6.07, 6.45) is 3.65. The molecule has 0 fully saturated rings. The van der Waals surface area contributed by atoms with Crippen LogP contribution in [0.3, 0.4) is 0 Å². The van der Waals surface area contributed by atoms with Gasteiger partial charge in [-0.1, -0.05) is 36.4 Å². The summed E-state index contributed by atoms with van der Waals surface area (Å²) in [5, 5.41) is 0. The van der Waals surface area contributed by atoms with Crippen molar-refractivity contribution < 1.29 is 39.5 Å². The van der Waals surface area contributed by atoms with Gasteiger partial charge in [0.25, 0.3) is 0 Å². The molecular weight excluding hydrogens is 718 g/mol. The van der Waals surface area contributed by atoms with Crippen LogP contribution in [0.1, 0.15) is 0 Å². The molecule has 0 unspecified atom stereocenters. The molecule has 13 heteroatoms. The van der Waals surface area contributed by atoms with Crippen molar-refractivity contribution in [3.8, 4) is 11.1 Å². The second kappa shape index (κ2) is 14.2. The Morgan fingerprint density at radius 2 is 0.889 bits per heavy atom. The predicted octanol–water partition coefficient (Wildman–Crippen LogP) is 3.17. The largest absolute Gasteiger partial charge is 0.264 e. The predicted molar refractivity (Wildman–Crippen MR) is 93.5 cm³/mol. The van der Waals surface area contributed by atoms with E-state index in [1.165, 1.54) is 5.56 Å². The molecule has 2 aromatic rings. The van der Waals surface area contributed by atoms with Gasteiger partial charge in [0.05, 0.1) is 0 Å². The fourth-order valence-electron chi connectivity index (χ4n) is 1.16. The van der Waals surface area contributed by atoms with E-state index in [4.69, 9.17) is 0 Å². The van der Waals surface area contributed by atoms with E-state index >= 15 is 0 Å². The average molecular weight is 734 g/mol. The fourth-order valence-corrected chi connectivity index (χ4v) is 1.16. The third-order valence-corrected chi connectivity index (χ3v) is 1.77. The van der Waals surface area contributed by atoms with Gasteiger partial charge in [-0.05, 0) is 17.2 Å². The van der Waals surface area contributed by atoms with Gasteiger partial charge in [-0.15, -0.1) is 0 Å². The van der Waals surface area contributed by atoms with Crippen LogP contribution >= 0.6 is 0 Å². The molecule has 2 rings (SSSR count). The first kappa shape index (κ1) is 29.4. The monoisotopic (exact) mass is 731 g/mol. The van der Waals surface area contributed by atoms with Crippen LogP contribution in [0.2, 0.25) is 0 Å². The smallest absolute Gasteiger partial charge is 0.0346 e. The van der Waals surface area contributed by atoms with E-state index in [1.807, 2.05) is 30.5 Å². The molecule has 0 aliphatic heterocycles. The Hall–Kier alpha value is 0.195. The van der Waals surface area contributed by atoms with E-state index in [0.717, 1.165) is 5.56 Å². The zero-order valence-corrected chi connectivity index (χ0v) is 23.2. The van der Waals surface area contributed by atoms with Crippen molar-refractivity contribution in [2.24, 2.45) is 0 Å². The quantitative estimate of drug-likeness (QED) is 0.325. The first-order valence-electron chi connectivity index (χ1n) is 6.49. The Bertz CT molecular complexity index is 515. The molecule has 0 amide bonds. The third-order valence-electron chi connectivity index (χ3n) is 1.77. The molecule has 1 nitrogen and oxygen atoms in total. The van der Waals surface area contributed by atoms with Crippen molar-refractivity contribution in [3.63, 3.8) is 0 Å². The van der Waals surface area contributed by atoms with Crippen molar-refractivity contribution in [2.45, 2.75) is 12.4 Å². The minimum absolute atomic E-state index is 0.636. The number of nitrogens with zero attached hydrogens (tertiary/aromatic N) is 1. The molecule has 0 atom stereocenters. The number of rotatable bonds is 1. The standard InChI is InChI=1S/C11H9N.3CF3.3Sb.6H/c1-2-5-10(6-3-1)11-7-4-8-12-9-11;3*2-1(3)4;;;;;;;;;/h1-9H;;;;;;;;;;;;. The van der Waals surface area contributed by atoms with Gasteiger partial charge in [0.15, 0.2) is 0 Å². The van der Waals surface area contributed by atoms with E-state index in [-0.39, 0.29) is 0 Å². The fraction of sp³-hybridized carbons (Fsp3) is 0.214. The van der Waals surface area contributed by atoms with Gasteiger partial charge in [0.2, 0.25) is 0 Å². The maximum absolute atomic E-state index is 10.4. The first-order chi connectivity index (χ1) is 12.0. The van der Waals surface area contributed by atoms with E-state index in [1.54, 1.807) is 6.20 Å². The maximum atomic E-state index is 10.4. The van der Waals surface area contributed by atoms with Gasteiger partial charge in [0.1, 0.15) is 0 Å². The Kier molecular flexibility index (Phi) is 15.5. The molecule has 1 aromatic carbocycles. The maximum Gasteiger partial charge on any atom is 0.0346 e. The van der Waals surface area contributed by atoms with Gasteiger partial charge >= 0.3 is 121 Å². The zero-order chi connectivity index (χ0) is 21.7. The summed E-state index contributed by atoms with van der Waals surface area (Å²) < 4.78 is 82.1. The second-order valence-electron chi connectivity index (χ2n) is 4.23. The molecule has 0 aliphatic carbocycles. The molecule has 154 valence electrons. The van der Waals surface area contributed by atoms with Gasteiger partial charge in [-0.2, -0.15) is 0 Å². The number of hydrogen-bond acceptors (Lipinski definition) is 1. The van der Waals surface area contributed by atoms with Crippen molar-refractivity contribution in [1.82, 2.24) is 4.98 Å². The van der Waals surface area contributed by atoms with Gasteiger partial charge in [-0.3, -0.25) is 4.98 Å². The number of benzene rings is 1. The van der Waals surface area contributed by atoms with Gasteiger partial charge < -0.3 is 0 Å². The Labute approximate surface area is 190 Å². The Morgan fingerprint density at radius 1 is 0.556 bits per heavy atom. The molecule has 0 radical (unpaired) electrons. The van der Waals surface area contributed by atoms with Gasteiger partial charge in [-0.25, -0.2) is 0 Å². The van der Waals surface area contributed by atoms with E-state index in [9.17, 15) is 39.5 Å². The first-order valence-corrected chi connectivity index (χ1v) is 11.4. The van der Waals surface area contributed by atoms with Crippen LogP contribution in [0.25, 0.3) is 11.1 Å². The number of hydrogen-bond donors (Lipinski definition) is 0. The summed E-state index contributed by atoms with van der Waals surface area (Å²) in [7, 11) is 0. The van der Waals surface area contributed by atoms with E-state index in [2.05, 4.69) is 23.2 Å². The van der Waals surface area contributed by atoms with Crippen LogP contribution in [-0.4, -0.2) is 86.4 Å². The molecule has 27 heavy (non-hydrogen) atoms. The van der Waals surface area contributed by atoms with Crippen LogP contribution < -0.4 is 0 Å². The molecule has 0 spiro atoms. The average Bonchev–Trinajstić information content (AvgIpc) is 2.44. The van der Waals surface area contributed by atoms with E-state index < -0.39 is 81.4 Å². The summed E-state index contributed by atoms with van der Waals surface area (Å²) in [6.45, 7) is 0.